The van der Waals surface area contributed by atoms with Gasteiger partial charge in [-0.05, 0) is 60.4 Å². The topological polar surface area (TPSA) is 217 Å². The van der Waals surface area contributed by atoms with E-state index >= 15 is 0 Å². The van der Waals surface area contributed by atoms with Crippen LogP contribution in [0.1, 0.15) is 26.7 Å². The zero-order valence-corrected chi connectivity index (χ0v) is 36.5. The Balaban J connectivity index is 0.00000348. The molecule has 6 rings (SSSR count). The Morgan fingerprint density at radius 1 is 0.500 bits per heavy atom. The van der Waals surface area contributed by atoms with E-state index in [9.17, 15) is 36.2 Å². The van der Waals surface area contributed by atoms with E-state index in [1.807, 2.05) is 13.8 Å². The van der Waals surface area contributed by atoms with Crippen LogP contribution < -0.4 is 9.47 Å². The Morgan fingerprint density at radius 2 is 0.839 bits per heavy atom. The Kier molecular flexibility index (Phi) is 15.2. The number of ether oxygens (including phenoxy) is 2. The Labute approximate surface area is 367 Å². The first kappa shape index (κ1) is 44.8. The van der Waals surface area contributed by atoms with Gasteiger partial charge in [0.15, 0.2) is 11.5 Å². The summed E-state index contributed by atoms with van der Waals surface area (Å²) in [6.07, 6.45) is 1.36. The number of benzene rings is 6. The molecule has 0 atom stereocenters. The van der Waals surface area contributed by atoms with E-state index in [4.69, 9.17) is 9.47 Å². The smallest absolute Gasteiger partial charge is 0.295 e. The van der Waals surface area contributed by atoms with Gasteiger partial charge in [0.2, 0.25) is 0 Å². The summed E-state index contributed by atoms with van der Waals surface area (Å²) in [4.78, 5) is -0.854. The molecule has 6 aromatic rings. The molecule has 2 radical (unpaired) electrons. The average molecular weight is 817 g/mol. The van der Waals surface area contributed by atoms with Gasteiger partial charge in [0.05, 0.1) is 13.2 Å². The molecular formula is C38H34N4Na2O10S2. The van der Waals surface area contributed by atoms with E-state index in [1.54, 1.807) is 60.7 Å². The first-order chi connectivity index (χ1) is 25.8. The number of phenolic OH excluding ortho intramolecular Hbond substituents is 2. The van der Waals surface area contributed by atoms with Crippen molar-refractivity contribution in [2.24, 2.45) is 20.5 Å². The van der Waals surface area contributed by atoms with Crippen molar-refractivity contribution in [2.75, 3.05) is 13.2 Å². The summed E-state index contributed by atoms with van der Waals surface area (Å²) in [7, 11) is -9.32. The van der Waals surface area contributed by atoms with Gasteiger partial charge in [0, 0.05) is 80.7 Å². The molecule has 0 aromatic heterocycles. The van der Waals surface area contributed by atoms with Crippen molar-refractivity contribution >= 4 is 124 Å². The van der Waals surface area contributed by atoms with Crippen molar-refractivity contribution in [3.63, 3.8) is 0 Å². The monoisotopic (exact) mass is 816 g/mol. The molecule has 0 amide bonds. The zero-order chi connectivity index (χ0) is 38.6. The molecule has 0 aliphatic carbocycles. The predicted octanol–water partition coefficient (Wildman–Crippen LogP) is 9.21. The number of azo groups is 2. The quantitative estimate of drug-likeness (QED) is 0.0492. The van der Waals surface area contributed by atoms with Crippen molar-refractivity contribution < 1.29 is 45.6 Å². The minimum absolute atomic E-state index is 0. The Hall–Kier alpha value is -3.94. The van der Waals surface area contributed by atoms with Gasteiger partial charge in [0.1, 0.15) is 44.0 Å². The maximum atomic E-state index is 12.2. The number of fused-ring (bicyclic) bond motifs is 2. The first-order valence-electron chi connectivity index (χ1n) is 16.6. The van der Waals surface area contributed by atoms with Gasteiger partial charge < -0.3 is 19.7 Å². The molecule has 6 aromatic carbocycles. The Morgan fingerprint density at radius 3 is 1.18 bits per heavy atom. The van der Waals surface area contributed by atoms with Crippen molar-refractivity contribution in [3.05, 3.63) is 97.1 Å². The zero-order valence-electron chi connectivity index (χ0n) is 30.9. The van der Waals surface area contributed by atoms with Crippen LogP contribution in [0.3, 0.4) is 0 Å². The van der Waals surface area contributed by atoms with Gasteiger partial charge in [-0.2, -0.15) is 16.8 Å². The maximum Gasteiger partial charge on any atom is 0.295 e. The molecule has 0 fully saturated rings. The third kappa shape index (κ3) is 9.95. The van der Waals surface area contributed by atoms with Crippen LogP contribution in [0.4, 0.5) is 22.7 Å². The summed E-state index contributed by atoms with van der Waals surface area (Å²) < 4.78 is 80.3. The third-order valence-electron chi connectivity index (χ3n) is 8.18. The largest absolute Gasteiger partial charge is 0.505 e. The number of phenols is 2. The maximum absolute atomic E-state index is 12.2. The fourth-order valence-corrected chi connectivity index (χ4v) is 7.06. The Bertz CT molecular complexity index is 2510. The van der Waals surface area contributed by atoms with Crippen molar-refractivity contribution in [3.8, 4) is 34.1 Å². The molecule has 0 spiro atoms. The van der Waals surface area contributed by atoms with E-state index in [0.717, 1.165) is 12.1 Å². The molecule has 18 heteroatoms. The van der Waals surface area contributed by atoms with Crippen molar-refractivity contribution in [1.82, 2.24) is 0 Å². The van der Waals surface area contributed by atoms with E-state index in [2.05, 4.69) is 20.5 Å². The van der Waals surface area contributed by atoms with E-state index in [0.29, 0.717) is 48.7 Å². The van der Waals surface area contributed by atoms with Crippen LogP contribution in [0.5, 0.6) is 23.0 Å². The van der Waals surface area contributed by atoms with Crippen LogP contribution >= 0.6 is 0 Å². The van der Waals surface area contributed by atoms with E-state index < -0.39 is 30.0 Å². The summed E-state index contributed by atoms with van der Waals surface area (Å²) in [5.41, 5.74) is 1.58. The molecule has 0 aliphatic rings. The molecule has 0 unspecified atom stereocenters. The molecule has 0 saturated carbocycles. The minimum atomic E-state index is -4.66. The van der Waals surface area contributed by atoms with Crippen LogP contribution in [0.25, 0.3) is 32.7 Å². The first-order valence-corrected chi connectivity index (χ1v) is 19.5. The number of nitrogens with zero attached hydrogens (tertiary/aromatic N) is 4. The van der Waals surface area contributed by atoms with Crippen molar-refractivity contribution in [1.29, 1.82) is 0 Å². The molecular weight excluding hydrogens is 783 g/mol. The molecule has 0 heterocycles. The summed E-state index contributed by atoms with van der Waals surface area (Å²) in [5, 5.41) is 39.2. The van der Waals surface area contributed by atoms with E-state index in [-0.39, 0.29) is 115 Å². The van der Waals surface area contributed by atoms with Gasteiger partial charge in [-0.25, -0.2) is 0 Å². The second-order valence-electron chi connectivity index (χ2n) is 12.0. The molecule has 14 nitrogen and oxygen atoms in total. The van der Waals surface area contributed by atoms with Gasteiger partial charge in [0.25, 0.3) is 20.2 Å². The number of hydrogen-bond acceptors (Lipinski definition) is 12. The van der Waals surface area contributed by atoms with E-state index in [1.165, 1.54) is 24.3 Å². The van der Waals surface area contributed by atoms with Crippen molar-refractivity contribution in [2.45, 2.75) is 36.5 Å². The van der Waals surface area contributed by atoms with Gasteiger partial charge in [-0.1, -0.05) is 74.5 Å². The van der Waals surface area contributed by atoms with Gasteiger partial charge >= 0.3 is 0 Å². The summed E-state index contributed by atoms with van der Waals surface area (Å²) in [6, 6.07) is 24.6. The average Bonchev–Trinajstić information content (AvgIpc) is 3.15. The molecule has 280 valence electrons. The van der Waals surface area contributed by atoms with Gasteiger partial charge in [-0.3, -0.25) is 9.11 Å². The SMILES string of the molecule is CCCOc1cc(-c2ccc(N=Nc3cc(S(=O)(=O)O)c4ccccc4c3O)c(OCCC)c2)ccc1N=Nc1cc(S(=O)(=O)O)c2ccccc2c1O.[Na].[Na]. The number of hydrogen-bond donors (Lipinski definition) is 4. The summed E-state index contributed by atoms with van der Waals surface area (Å²) >= 11 is 0. The molecule has 4 N–H and O–H groups in total. The third-order valence-corrected chi connectivity index (χ3v) is 9.97. The minimum Gasteiger partial charge on any atom is -0.505 e. The number of aromatic hydroxyl groups is 2. The molecule has 0 aliphatic heterocycles. The standard InChI is InChI=1S/C38H34N4O10S2.2Na/c1-3-17-51-33-19-23(13-15-29(33)39-41-31-21-35(53(45,46)47)25-9-5-7-11-27(25)37(31)43)24-14-16-30(34(20-24)52-18-4-2)40-42-32-22-36(54(48,49)50)26-10-6-8-12-28(26)38(32)44;;/h5-16,19-22,43-44H,3-4,17-18H2,1-2H3,(H,45,46,47)(H,48,49,50);;. The fraction of sp³-hybridized carbons (Fsp3) is 0.158. The molecule has 56 heavy (non-hydrogen) atoms. The van der Waals surface area contributed by atoms with Crippen LogP contribution in [0, 0.1) is 0 Å². The molecule has 0 bridgehead atoms. The molecule has 0 saturated heterocycles. The van der Waals surface area contributed by atoms with Crippen LogP contribution in [-0.2, 0) is 20.2 Å². The summed E-state index contributed by atoms with van der Waals surface area (Å²) in [5.74, 6) is 0.0473. The fourth-order valence-electron chi connectivity index (χ4n) is 5.63. The van der Waals surface area contributed by atoms with Gasteiger partial charge in [-0.15, -0.1) is 20.5 Å². The number of rotatable bonds is 13. The van der Waals surface area contributed by atoms with Crippen LogP contribution in [0.15, 0.2) is 127 Å². The summed E-state index contributed by atoms with van der Waals surface area (Å²) in [6.45, 7) is 4.54. The van der Waals surface area contributed by atoms with Crippen LogP contribution in [0.2, 0.25) is 0 Å². The normalized spacial score (nSPS) is 11.9. The second kappa shape index (κ2) is 19.0. The second-order valence-corrected chi connectivity index (χ2v) is 14.8. The van der Waals surface area contributed by atoms with Crippen LogP contribution in [-0.4, -0.2) is 108 Å². The predicted molar refractivity (Wildman–Crippen MR) is 214 cm³/mol.